The second-order valence-corrected chi connectivity index (χ2v) is 5.17. The summed E-state index contributed by atoms with van der Waals surface area (Å²) < 4.78 is 0. The third-order valence-corrected chi connectivity index (χ3v) is 2.43. The van der Waals surface area contributed by atoms with Crippen LogP contribution in [-0.4, -0.2) is 11.7 Å². The van der Waals surface area contributed by atoms with Gasteiger partial charge in [0.05, 0.1) is 6.61 Å². The lowest BCUT2D eigenvalue weighted by molar-refractivity contribution is 0.339. The van der Waals surface area contributed by atoms with Crippen LogP contribution >= 0.6 is 0 Å². The first-order chi connectivity index (χ1) is 7.91. The van der Waals surface area contributed by atoms with Gasteiger partial charge in [-0.25, -0.2) is 0 Å². The quantitative estimate of drug-likeness (QED) is 0.698. The molecule has 0 aliphatic carbocycles. The Labute approximate surface area is 106 Å². The number of allylic oxidation sites excluding steroid dienone is 7. The van der Waals surface area contributed by atoms with Crippen molar-refractivity contribution in [1.82, 2.24) is 0 Å². The predicted octanol–water partition coefficient (Wildman–Crippen LogP) is 4.42. The second-order valence-electron chi connectivity index (χ2n) is 5.17. The maximum Gasteiger partial charge on any atom is 0.0618 e. The summed E-state index contributed by atoms with van der Waals surface area (Å²) in [7, 11) is 0. The lowest BCUT2D eigenvalue weighted by Gasteiger charge is -2.20. The van der Waals surface area contributed by atoms with Gasteiger partial charge in [0.25, 0.3) is 0 Å². The van der Waals surface area contributed by atoms with E-state index in [1.807, 2.05) is 12.2 Å². The normalized spacial score (nSPS) is 15.2. The van der Waals surface area contributed by atoms with Gasteiger partial charge in [-0.05, 0) is 24.3 Å². The molecule has 17 heavy (non-hydrogen) atoms. The Bertz CT molecular complexity index is 322. The maximum atomic E-state index is 8.99. The lowest BCUT2D eigenvalue weighted by Crippen LogP contribution is -2.08. The monoisotopic (exact) mass is 234 g/mol. The molecule has 1 nitrogen and oxygen atoms in total. The zero-order valence-electron chi connectivity index (χ0n) is 11.8. The number of hydrogen-bond donors (Lipinski definition) is 1. The molecule has 96 valence electrons. The first-order valence-corrected chi connectivity index (χ1v) is 6.24. The van der Waals surface area contributed by atoms with Gasteiger partial charge in [0.15, 0.2) is 0 Å². The van der Waals surface area contributed by atoms with E-state index in [1.165, 1.54) is 5.57 Å². The minimum atomic E-state index is 0.0697. The molecule has 0 bridgehead atoms. The van der Waals surface area contributed by atoms with Gasteiger partial charge in [0.1, 0.15) is 0 Å². The van der Waals surface area contributed by atoms with Gasteiger partial charge in [-0.2, -0.15) is 0 Å². The van der Waals surface area contributed by atoms with Crippen molar-refractivity contribution in [1.29, 1.82) is 0 Å². The van der Waals surface area contributed by atoms with Crippen LogP contribution in [0.4, 0.5) is 0 Å². The molecule has 0 heterocycles. The predicted molar refractivity (Wildman–Crippen MR) is 77.0 cm³/mol. The SMILES string of the molecule is CCC=CC(C)=CC=CC(=CCO)C(C)(C)C. The first kappa shape index (κ1) is 15.9. The summed E-state index contributed by atoms with van der Waals surface area (Å²) in [4.78, 5) is 0. The fourth-order valence-corrected chi connectivity index (χ4v) is 1.39. The molecule has 0 saturated heterocycles. The maximum absolute atomic E-state index is 8.99. The highest BCUT2D eigenvalue weighted by Crippen LogP contribution is 2.25. The van der Waals surface area contributed by atoms with E-state index in [2.05, 4.69) is 58.9 Å². The van der Waals surface area contributed by atoms with E-state index in [9.17, 15) is 0 Å². The molecule has 0 amide bonds. The van der Waals surface area contributed by atoms with Crippen LogP contribution in [0.2, 0.25) is 0 Å². The molecule has 0 atom stereocenters. The van der Waals surface area contributed by atoms with E-state index in [4.69, 9.17) is 5.11 Å². The van der Waals surface area contributed by atoms with E-state index < -0.39 is 0 Å². The zero-order chi connectivity index (χ0) is 13.3. The van der Waals surface area contributed by atoms with Gasteiger partial charge in [-0.1, -0.05) is 69.7 Å². The Kier molecular flexibility index (Phi) is 7.56. The van der Waals surface area contributed by atoms with Gasteiger partial charge in [-0.15, -0.1) is 0 Å². The number of rotatable bonds is 5. The summed E-state index contributed by atoms with van der Waals surface area (Å²) in [5.41, 5.74) is 2.46. The van der Waals surface area contributed by atoms with E-state index in [1.54, 1.807) is 0 Å². The molecule has 1 heteroatoms. The van der Waals surface area contributed by atoms with Gasteiger partial charge >= 0.3 is 0 Å². The van der Waals surface area contributed by atoms with Crippen LogP contribution < -0.4 is 0 Å². The summed E-state index contributed by atoms with van der Waals surface area (Å²) in [5.74, 6) is 0. The molecule has 0 aromatic rings. The first-order valence-electron chi connectivity index (χ1n) is 6.24. The Morgan fingerprint density at radius 3 is 2.29 bits per heavy atom. The van der Waals surface area contributed by atoms with Crippen molar-refractivity contribution in [3.63, 3.8) is 0 Å². The third kappa shape index (κ3) is 7.76. The summed E-state index contributed by atoms with van der Waals surface area (Å²) in [6, 6.07) is 0. The fourth-order valence-electron chi connectivity index (χ4n) is 1.39. The van der Waals surface area contributed by atoms with Gasteiger partial charge in [-0.3, -0.25) is 0 Å². The summed E-state index contributed by atoms with van der Waals surface area (Å²) >= 11 is 0. The van der Waals surface area contributed by atoms with Crippen molar-refractivity contribution in [3.05, 3.63) is 47.6 Å². The molecule has 0 radical (unpaired) electrons. The van der Waals surface area contributed by atoms with Crippen molar-refractivity contribution in [3.8, 4) is 0 Å². The second kappa shape index (κ2) is 8.08. The van der Waals surface area contributed by atoms with Crippen molar-refractivity contribution >= 4 is 0 Å². The van der Waals surface area contributed by atoms with Crippen LogP contribution in [0.15, 0.2) is 47.6 Å². The molecule has 0 saturated carbocycles. The Hall–Kier alpha value is -1.08. The average molecular weight is 234 g/mol. The topological polar surface area (TPSA) is 20.2 Å². The van der Waals surface area contributed by atoms with E-state index in [0.29, 0.717) is 0 Å². The summed E-state index contributed by atoms with van der Waals surface area (Å²) in [5, 5.41) is 8.99. The Morgan fingerprint density at radius 2 is 1.82 bits per heavy atom. The molecule has 0 fully saturated rings. The molecular formula is C16H26O. The summed E-state index contributed by atoms with van der Waals surface area (Å²) in [6.45, 7) is 10.7. The van der Waals surface area contributed by atoms with Gasteiger partial charge in [0.2, 0.25) is 0 Å². The highest BCUT2D eigenvalue weighted by Gasteiger charge is 2.13. The number of aliphatic hydroxyl groups is 1. The lowest BCUT2D eigenvalue weighted by atomic mass is 9.86. The third-order valence-electron chi connectivity index (χ3n) is 2.43. The minimum Gasteiger partial charge on any atom is -0.392 e. The van der Waals surface area contributed by atoms with Crippen LogP contribution in [0.5, 0.6) is 0 Å². The molecule has 0 rings (SSSR count). The summed E-state index contributed by atoms with van der Waals surface area (Å²) in [6.07, 6.45) is 13.4. The van der Waals surface area contributed by atoms with Crippen molar-refractivity contribution in [2.75, 3.05) is 6.61 Å². The van der Waals surface area contributed by atoms with Crippen LogP contribution in [0, 0.1) is 5.41 Å². The Morgan fingerprint density at radius 1 is 1.18 bits per heavy atom. The standard InChI is InChI=1S/C16H26O/c1-6-7-9-14(2)10-8-11-15(12-13-17)16(3,4)5/h7-12,17H,6,13H2,1-5H3. The van der Waals surface area contributed by atoms with E-state index in [-0.39, 0.29) is 12.0 Å². The van der Waals surface area contributed by atoms with Gasteiger partial charge < -0.3 is 5.11 Å². The minimum absolute atomic E-state index is 0.0697. The fraction of sp³-hybridized carbons (Fsp3) is 0.500. The number of aliphatic hydroxyl groups excluding tert-OH is 1. The molecular weight excluding hydrogens is 208 g/mol. The number of hydrogen-bond acceptors (Lipinski definition) is 1. The zero-order valence-corrected chi connectivity index (χ0v) is 11.8. The largest absolute Gasteiger partial charge is 0.392 e. The Balaban J connectivity index is 4.69. The van der Waals surface area contributed by atoms with Crippen LogP contribution in [0.1, 0.15) is 41.0 Å². The molecule has 0 unspecified atom stereocenters. The molecule has 0 aromatic carbocycles. The van der Waals surface area contributed by atoms with Crippen molar-refractivity contribution < 1.29 is 5.11 Å². The molecule has 0 aliphatic rings. The van der Waals surface area contributed by atoms with Gasteiger partial charge in [0, 0.05) is 0 Å². The van der Waals surface area contributed by atoms with Crippen LogP contribution in [0.25, 0.3) is 0 Å². The molecule has 1 N–H and O–H groups in total. The van der Waals surface area contributed by atoms with E-state index >= 15 is 0 Å². The van der Waals surface area contributed by atoms with Crippen molar-refractivity contribution in [2.45, 2.75) is 41.0 Å². The van der Waals surface area contributed by atoms with E-state index in [0.717, 1.165) is 12.0 Å². The molecule has 0 aliphatic heterocycles. The molecule has 0 spiro atoms. The average Bonchev–Trinajstić information content (AvgIpc) is 2.23. The highest BCUT2D eigenvalue weighted by atomic mass is 16.2. The van der Waals surface area contributed by atoms with Crippen LogP contribution in [0.3, 0.4) is 0 Å². The smallest absolute Gasteiger partial charge is 0.0618 e. The van der Waals surface area contributed by atoms with Crippen molar-refractivity contribution in [2.24, 2.45) is 5.41 Å². The van der Waals surface area contributed by atoms with Crippen LogP contribution in [-0.2, 0) is 0 Å². The molecule has 0 aromatic heterocycles. The highest BCUT2D eigenvalue weighted by molar-refractivity contribution is 5.30.